The number of ether oxygens (including phenoxy) is 1. The van der Waals surface area contributed by atoms with Crippen LogP contribution in [0, 0.1) is 6.92 Å². The molecule has 0 aliphatic rings. The van der Waals surface area contributed by atoms with E-state index in [2.05, 4.69) is 48.8 Å². The van der Waals surface area contributed by atoms with E-state index in [1.54, 1.807) is 0 Å². The highest BCUT2D eigenvalue weighted by Crippen LogP contribution is 2.34. The van der Waals surface area contributed by atoms with Gasteiger partial charge < -0.3 is 10.5 Å². The molecule has 2 rings (SSSR count). The van der Waals surface area contributed by atoms with Crippen molar-refractivity contribution in [3.8, 4) is 11.5 Å². The monoisotopic (exact) mass is 333 g/mol. The predicted molar refractivity (Wildman–Crippen MR) is 87.4 cm³/mol. The molecule has 2 aromatic rings. The van der Waals surface area contributed by atoms with Crippen molar-refractivity contribution in [1.29, 1.82) is 0 Å². The van der Waals surface area contributed by atoms with E-state index in [9.17, 15) is 0 Å². The van der Waals surface area contributed by atoms with Crippen LogP contribution < -0.4 is 10.5 Å². The second-order valence-corrected chi connectivity index (χ2v) is 6.17. The first-order chi connectivity index (χ1) is 9.51. The maximum absolute atomic E-state index is 6.10. The summed E-state index contributed by atoms with van der Waals surface area (Å²) in [6.07, 6.45) is 0. The first-order valence-electron chi connectivity index (χ1n) is 6.78. The zero-order valence-electron chi connectivity index (χ0n) is 12.1. The molecule has 0 atom stereocenters. The van der Waals surface area contributed by atoms with Crippen LogP contribution in [0.4, 0.5) is 0 Å². The second-order valence-electron chi connectivity index (χ2n) is 5.25. The van der Waals surface area contributed by atoms with Crippen molar-refractivity contribution >= 4 is 15.9 Å². The second kappa shape index (κ2) is 6.42. The molecule has 0 aliphatic carbocycles. The van der Waals surface area contributed by atoms with E-state index in [0.717, 1.165) is 21.5 Å². The number of halogens is 1. The quantitative estimate of drug-likeness (QED) is 0.841. The molecule has 0 bridgehead atoms. The fourth-order valence-electron chi connectivity index (χ4n) is 2.15. The summed E-state index contributed by atoms with van der Waals surface area (Å²) >= 11 is 3.51. The zero-order valence-corrected chi connectivity index (χ0v) is 13.7. The lowest BCUT2D eigenvalue weighted by molar-refractivity contribution is 0.467. The predicted octanol–water partition coefficient (Wildman–Crippen LogP) is 5.13. The first kappa shape index (κ1) is 15.1. The maximum atomic E-state index is 6.10. The van der Waals surface area contributed by atoms with Crippen LogP contribution in [-0.2, 0) is 6.54 Å². The van der Waals surface area contributed by atoms with Crippen molar-refractivity contribution in [1.82, 2.24) is 0 Å². The molecule has 0 radical (unpaired) electrons. The lowest BCUT2D eigenvalue weighted by Crippen LogP contribution is -2.01. The highest BCUT2D eigenvalue weighted by atomic mass is 79.9. The fourth-order valence-corrected chi connectivity index (χ4v) is 2.53. The van der Waals surface area contributed by atoms with Gasteiger partial charge in [0.1, 0.15) is 11.5 Å². The average Bonchev–Trinajstić information content (AvgIpc) is 2.42. The van der Waals surface area contributed by atoms with Gasteiger partial charge in [0, 0.05) is 16.6 Å². The Morgan fingerprint density at radius 2 is 1.80 bits per heavy atom. The summed E-state index contributed by atoms with van der Waals surface area (Å²) in [7, 11) is 0. The van der Waals surface area contributed by atoms with Gasteiger partial charge in [-0.2, -0.15) is 0 Å². The van der Waals surface area contributed by atoms with Crippen LogP contribution in [0.25, 0.3) is 0 Å². The molecule has 2 nitrogen and oxygen atoms in total. The fraction of sp³-hybridized carbons (Fsp3) is 0.294. The van der Waals surface area contributed by atoms with Gasteiger partial charge in [0.15, 0.2) is 0 Å². The first-order valence-corrected chi connectivity index (χ1v) is 7.57. The van der Waals surface area contributed by atoms with Crippen LogP contribution in [0.3, 0.4) is 0 Å². The molecular weight excluding hydrogens is 314 g/mol. The Kier molecular flexibility index (Phi) is 4.84. The molecule has 0 saturated carbocycles. The van der Waals surface area contributed by atoms with Crippen molar-refractivity contribution in [3.63, 3.8) is 0 Å². The largest absolute Gasteiger partial charge is 0.457 e. The number of aryl methyl sites for hydroxylation is 1. The highest BCUT2D eigenvalue weighted by molar-refractivity contribution is 9.10. The SMILES string of the molecule is Cc1ccc(Oc2ccc(Br)cc2C(C)C)c(CN)c1. The summed E-state index contributed by atoms with van der Waals surface area (Å²) in [5.41, 5.74) is 9.21. The molecule has 0 fully saturated rings. The molecular formula is C17H20BrNO. The normalized spacial score (nSPS) is 10.9. The van der Waals surface area contributed by atoms with Crippen molar-refractivity contribution in [3.05, 3.63) is 57.6 Å². The topological polar surface area (TPSA) is 35.2 Å². The Labute approximate surface area is 129 Å². The van der Waals surface area contributed by atoms with Crippen LogP contribution in [0.15, 0.2) is 40.9 Å². The molecule has 3 heteroatoms. The van der Waals surface area contributed by atoms with Gasteiger partial charge in [-0.15, -0.1) is 0 Å². The molecule has 0 amide bonds. The molecule has 0 saturated heterocycles. The minimum absolute atomic E-state index is 0.397. The van der Waals surface area contributed by atoms with E-state index in [0.29, 0.717) is 12.5 Å². The molecule has 0 heterocycles. The third kappa shape index (κ3) is 3.41. The van der Waals surface area contributed by atoms with Crippen molar-refractivity contribution < 1.29 is 4.74 Å². The van der Waals surface area contributed by atoms with Crippen LogP contribution in [0.2, 0.25) is 0 Å². The zero-order chi connectivity index (χ0) is 14.7. The molecule has 0 spiro atoms. The summed E-state index contributed by atoms with van der Waals surface area (Å²) < 4.78 is 7.17. The van der Waals surface area contributed by atoms with Gasteiger partial charge in [-0.05, 0) is 42.7 Å². The summed E-state index contributed by atoms with van der Waals surface area (Å²) in [5, 5.41) is 0. The van der Waals surface area contributed by atoms with E-state index in [4.69, 9.17) is 10.5 Å². The highest BCUT2D eigenvalue weighted by Gasteiger charge is 2.11. The number of hydrogen-bond acceptors (Lipinski definition) is 2. The Morgan fingerprint density at radius 1 is 1.10 bits per heavy atom. The van der Waals surface area contributed by atoms with Crippen LogP contribution in [-0.4, -0.2) is 0 Å². The number of benzene rings is 2. The Bertz CT molecular complexity index is 608. The van der Waals surface area contributed by atoms with E-state index in [1.165, 1.54) is 11.1 Å². The van der Waals surface area contributed by atoms with Crippen LogP contribution in [0.5, 0.6) is 11.5 Å². The Hall–Kier alpha value is -1.32. The maximum Gasteiger partial charge on any atom is 0.131 e. The molecule has 0 unspecified atom stereocenters. The summed E-state index contributed by atoms with van der Waals surface area (Å²) in [4.78, 5) is 0. The third-order valence-electron chi connectivity index (χ3n) is 3.25. The molecule has 0 aromatic heterocycles. The molecule has 2 N–H and O–H groups in total. The van der Waals surface area contributed by atoms with E-state index in [1.807, 2.05) is 24.3 Å². The Balaban J connectivity index is 2.39. The van der Waals surface area contributed by atoms with E-state index < -0.39 is 0 Å². The molecule has 106 valence electrons. The summed E-state index contributed by atoms with van der Waals surface area (Å²) in [6.45, 7) is 6.86. The minimum Gasteiger partial charge on any atom is -0.457 e. The van der Waals surface area contributed by atoms with Gasteiger partial charge in [-0.25, -0.2) is 0 Å². The Morgan fingerprint density at radius 3 is 2.45 bits per heavy atom. The van der Waals surface area contributed by atoms with Crippen LogP contribution >= 0.6 is 15.9 Å². The van der Waals surface area contributed by atoms with Crippen molar-refractivity contribution in [2.45, 2.75) is 33.2 Å². The third-order valence-corrected chi connectivity index (χ3v) is 3.74. The minimum atomic E-state index is 0.397. The standard InChI is InChI=1S/C17H20BrNO/c1-11(2)15-9-14(18)5-7-17(15)20-16-6-4-12(3)8-13(16)10-19/h4-9,11H,10,19H2,1-3H3. The average molecular weight is 334 g/mol. The smallest absolute Gasteiger partial charge is 0.131 e. The molecule has 0 aliphatic heterocycles. The summed E-state index contributed by atoms with van der Waals surface area (Å²) in [5.74, 6) is 2.12. The number of rotatable bonds is 4. The van der Waals surface area contributed by atoms with Gasteiger partial charge in [0.25, 0.3) is 0 Å². The van der Waals surface area contributed by atoms with Gasteiger partial charge in [0.2, 0.25) is 0 Å². The lowest BCUT2D eigenvalue weighted by atomic mass is 10.0. The number of hydrogen-bond donors (Lipinski definition) is 1. The number of nitrogens with two attached hydrogens (primary N) is 1. The molecule has 2 aromatic carbocycles. The lowest BCUT2D eigenvalue weighted by Gasteiger charge is -2.16. The van der Waals surface area contributed by atoms with E-state index in [-0.39, 0.29) is 0 Å². The van der Waals surface area contributed by atoms with Gasteiger partial charge >= 0.3 is 0 Å². The van der Waals surface area contributed by atoms with Crippen LogP contribution in [0.1, 0.15) is 36.5 Å². The van der Waals surface area contributed by atoms with Crippen molar-refractivity contribution in [2.24, 2.45) is 5.73 Å². The van der Waals surface area contributed by atoms with E-state index >= 15 is 0 Å². The van der Waals surface area contributed by atoms with Gasteiger partial charge in [-0.3, -0.25) is 0 Å². The van der Waals surface area contributed by atoms with Crippen molar-refractivity contribution in [2.75, 3.05) is 0 Å². The van der Waals surface area contributed by atoms with Gasteiger partial charge in [-0.1, -0.05) is 47.5 Å². The van der Waals surface area contributed by atoms with Gasteiger partial charge in [0.05, 0.1) is 0 Å². The molecule has 20 heavy (non-hydrogen) atoms. The summed E-state index contributed by atoms with van der Waals surface area (Å²) in [6, 6.07) is 12.2.